The predicted octanol–water partition coefficient (Wildman–Crippen LogP) is 3.64. The molecule has 1 saturated heterocycles. The number of hydrogen-bond acceptors (Lipinski definition) is 3. The van der Waals surface area contributed by atoms with Gasteiger partial charge in [0.05, 0.1) is 12.1 Å². The molecule has 7 heteroatoms. The van der Waals surface area contributed by atoms with Crippen LogP contribution >= 0.6 is 0 Å². The maximum absolute atomic E-state index is 13.9. The average Bonchev–Trinajstić information content (AvgIpc) is 2.92. The zero-order valence-corrected chi connectivity index (χ0v) is 15.5. The molecular formula is C21H22F2N2O3. The number of rotatable bonds is 7. The molecule has 0 bridgehead atoms. The molecule has 148 valence electrons. The van der Waals surface area contributed by atoms with Gasteiger partial charge in [-0.2, -0.15) is 0 Å². The van der Waals surface area contributed by atoms with Crippen molar-refractivity contribution >= 4 is 11.9 Å². The van der Waals surface area contributed by atoms with Crippen LogP contribution in [0.2, 0.25) is 0 Å². The Bertz CT molecular complexity index is 855. The summed E-state index contributed by atoms with van der Waals surface area (Å²) >= 11 is 0. The quantitative estimate of drug-likeness (QED) is 0.712. The highest BCUT2D eigenvalue weighted by atomic mass is 19.1. The number of imide groups is 1. The van der Waals surface area contributed by atoms with Crippen molar-refractivity contribution in [3.8, 4) is 0 Å². The number of benzene rings is 2. The topological polar surface area (TPSA) is 69.6 Å². The Morgan fingerprint density at radius 2 is 1.71 bits per heavy atom. The molecule has 1 aliphatic heterocycles. The number of unbranched alkanes of at least 4 members (excludes halogenated alkanes) is 1. The van der Waals surface area contributed by atoms with Crippen LogP contribution in [0.5, 0.6) is 0 Å². The van der Waals surface area contributed by atoms with Gasteiger partial charge in [0.2, 0.25) is 0 Å². The molecule has 2 N–H and O–H groups in total. The third-order valence-electron chi connectivity index (χ3n) is 5.04. The van der Waals surface area contributed by atoms with Crippen LogP contribution in [0.1, 0.15) is 43.4 Å². The number of carbonyl (C=O) groups is 2. The van der Waals surface area contributed by atoms with Crippen molar-refractivity contribution in [3.05, 3.63) is 71.3 Å². The third-order valence-corrected chi connectivity index (χ3v) is 5.04. The first-order valence-corrected chi connectivity index (χ1v) is 9.22. The fourth-order valence-corrected chi connectivity index (χ4v) is 3.56. The molecule has 2 unspecified atom stereocenters. The summed E-state index contributed by atoms with van der Waals surface area (Å²) in [4.78, 5) is 26.6. The number of nitrogens with zero attached hydrogens (tertiary/aromatic N) is 1. The van der Waals surface area contributed by atoms with Crippen molar-refractivity contribution in [1.82, 2.24) is 10.2 Å². The van der Waals surface area contributed by atoms with Gasteiger partial charge in [-0.15, -0.1) is 0 Å². The SMILES string of the molecule is CCCCC1(c2ccccc2)NC(=O)N(CC(O)c2c(F)cccc2F)C1=O. The van der Waals surface area contributed by atoms with E-state index in [1.54, 1.807) is 30.3 Å². The smallest absolute Gasteiger partial charge is 0.325 e. The molecule has 5 nitrogen and oxygen atoms in total. The Morgan fingerprint density at radius 3 is 2.32 bits per heavy atom. The van der Waals surface area contributed by atoms with Crippen LogP contribution in [0, 0.1) is 11.6 Å². The van der Waals surface area contributed by atoms with Crippen molar-refractivity contribution in [2.75, 3.05) is 6.54 Å². The first-order chi connectivity index (χ1) is 13.4. The van der Waals surface area contributed by atoms with Crippen molar-refractivity contribution in [2.45, 2.75) is 37.8 Å². The van der Waals surface area contributed by atoms with Gasteiger partial charge in [0, 0.05) is 0 Å². The first kappa shape index (κ1) is 19.9. The van der Waals surface area contributed by atoms with E-state index in [0.717, 1.165) is 23.5 Å². The third kappa shape index (κ3) is 3.49. The largest absolute Gasteiger partial charge is 0.386 e. The van der Waals surface area contributed by atoms with Gasteiger partial charge in [0.1, 0.15) is 23.3 Å². The second-order valence-electron chi connectivity index (χ2n) is 6.87. The van der Waals surface area contributed by atoms with E-state index in [4.69, 9.17) is 0 Å². The van der Waals surface area contributed by atoms with Gasteiger partial charge >= 0.3 is 6.03 Å². The Kier molecular flexibility index (Phi) is 5.74. The van der Waals surface area contributed by atoms with Gasteiger partial charge in [0.25, 0.3) is 5.91 Å². The lowest BCUT2D eigenvalue weighted by Crippen LogP contribution is -2.44. The lowest BCUT2D eigenvalue weighted by atomic mass is 9.85. The molecule has 2 atom stereocenters. The van der Waals surface area contributed by atoms with E-state index in [1.165, 1.54) is 6.07 Å². The van der Waals surface area contributed by atoms with Gasteiger partial charge in [0.15, 0.2) is 0 Å². The number of β-amino-alcohol motifs (C(OH)–C–C–N with tert-alkyl or cyclic N) is 1. The molecule has 3 rings (SSSR count). The van der Waals surface area contributed by atoms with E-state index < -0.39 is 47.3 Å². The number of amides is 3. The zero-order valence-electron chi connectivity index (χ0n) is 15.5. The highest BCUT2D eigenvalue weighted by Gasteiger charge is 2.52. The van der Waals surface area contributed by atoms with E-state index >= 15 is 0 Å². The minimum atomic E-state index is -1.67. The number of halogens is 2. The molecule has 0 radical (unpaired) electrons. The first-order valence-electron chi connectivity index (χ1n) is 9.22. The number of urea groups is 1. The van der Waals surface area contributed by atoms with Gasteiger partial charge in [-0.25, -0.2) is 13.6 Å². The Hall–Kier alpha value is -2.80. The summed E-state index contributed by atoms with van der Waals surface area (Å²) in [6.45, 7) is 1.44. The van der Waals surface area contributed by atoms with Gasteiger partial charge in [-0.3, -0.25) is 9.69 Å². The number of hydrogen-bond donors (Lipinski definition) is 2. The van der Waals surface area contributed by atoms with Crippen LogP contribution in [0.25, 0.3) is 0 Å². The average molecular weight is 388 g/mol. The molecule has 1 heterocycles. The standard InChI is InChI=1S/C21H22F2N2O3/c1-2-3-12-21(14-8-5-4-6-9-14)19(27)25(20(28)24-21)13-17(26)18-15(22)10-7-11-16(18)23/h4-11,17,26H,2-3,12-13H2,1H3,(H,24,28). The van der Waals surface area contributed by atoms with Gasteiger partial charge < -0.3 is 10.4 Å². The predicted molar refractivity (Wildman–Crippen MR) is 99.2 cm³/mol. The Morgan fingerprint density at radius 1 is 1.07 bits per heavy atom. The summed E-state index contributed by atoms with van der Waals surface area (Å²) in [6, 6.07) is 11.4. The Labute approximate surface area is 162 Å². The van der Waals surface area contributed by atoms with Crippen molar-refractivity contribution in [1.29, 1.82) is 0 Å². The van der Waals surface area contributed by atoms with Crippen LogP contribution in [0.15, 0.2) is 48.5 Å². The lowest BCUT2D eigenvalue weighted by molar-refractivity contribution is -0.133. The molecule has 3 amide bonds. The summed E-state index contributed by atoms with van der Waals surface area (Å²) in [5, 5.41) is 13.1. The summed E-state index contributed by atoms with van der Waals surface area (Å²) < 4.78 is 27.9. The van der Waals surface area contributed by atoms with Crippen molar-refractivity contribution in [2.24, 2.45) is 0 Å². The molecule has 0 spiro atoms. The monoisotopic (exact) mass is 388 g/mol. The van der Waals surface area contributed by atoms with Crippen LogP contribution in [0.4, 0.5) is 13.6 Å². The van der Waals surface area contributed by atoms with E-state index in [-0.39, 0.29) is 0 Å². The van der Waals surface area contributed by atoms with Crippen LogP contribution in [-0.2, 0) is 10.3 Å². The van der Waals surface area contributed by atoms with Gasteiger partial charge in [-0.05, 0) is 24.1 Å². The molecule has 2 aromatic carbocycles. The summed E-state index contributed by atoms with van der Waals surface area (Å²) in [7, 11) is 0. The lowest BCUT2D eigenvalue weighted by Gasteiger charge is -2.27. The molecule has 0 aliphatic carbocycles. The van der Waals surface area contributed by atoms with E-state index in [9.17, 15) is 23.5 Å². The van der Waals surface area contributed by atoms with E-state index in [0.29, 0.717) is 18.4 Å². The molecule has 28 heavy (non-hydrogen) atoms. The highest BCUT2D eigenvalue weighted by molar-refractivity contribution is 6.07. The highest BCUT2D eigenvalue weighted by Crippen LogP contribution is 2.35. The van der Waals surface area contributed by atoms with Crippen LogP contribution in [0.3, 0.4) is 0 Å². The van der Waals surface area contributed by atoms with Crippen LogP contribution < -0.4 is 5.32 Å². The normalized spacial score (nSPS) is 20.4. The minimum absolute atomic E-state index is 0.388. The number of nitrogens with one attached hydrogen (secondary N) is 1. The van der Waals surface area contributed by atoms with E-state index in [2.05, 4.69) is 5.32 Å². The zero-order chi connectivity index (χ0) is 20.3. The summed E-state index contributed by atoms with van der Waals surface area (Å²) in [5.74, 6) is -2.40. The van der Waals surface area contributed by atoms with E-state index in [1.807, 2.05) is 6.92 Å². The number of aliphatic hydroxyl groups is 1. The molecule has 1 aliphatic rings. The van der Waals surface area contributed by atoms with Crippen molar-refractivity contribution < 1.29 is 23.5 Å². The maximum Gasteiger partial charge on any atom is 0.325 e. The van der Waals surface area contributed by atoms with Gasteiger partial charge in [-0.1, -0.05) is 56.2 Å². The molecule has 0 saturated carbocycles. The molecule has 0 aromatic heterocycles. The number of carbonyl (C=O) groups excluding carboxylic acids is 2. The molecule has 2 aromatic rings. The minimum Gasteiger partial charge on any atom is -0.386 e. The maximum atomic E-state index is 13.9. The second-order valence-corrected chi connectivity index (χ2v) is 6.87. The molecule has 1 fully saturated rings. The summed E-state index contributed by atoms with van der Waals surface area (Å²) in [5.41, 5.74) is -1.17. The fourth-order valence-electron chi connectivity index (χ4n) is 3.56. The van der Waals surface area contributed by atoms with Crippen molar-refractivity contribution in [3.63, 3.8) is 0 Å². The Balaban J connectivity index is 1.91. The number of aliphatic hydroxyl groups excluding tert-OH is 1. The summed E-state index contributed by atoms with van der Waals surface area (Å²) in [6.07, 6.45) is 0.229. The second kappa shape index (κ2) is 8.06. The molecular weight excluding hydrogens is 366 g/mol. The van der Waals surface area contributed by atoms with Crippen LogP contribution in [-0.4, -0.2) is 28.5 Å². The fraction of sp³-hybridized carbons (Fsp3) is 0.333.